The molecule has 3 atom stereocenters. The summed E-state index contributed by atoms with van der Waals surface area (Å²) in [6.07, 6.45) is 1.89. The zero-order valence-electron chi connectivity index (χ0n) is 11.9. The number of carboxylic acid groups (broad SMARTS) is 1. The fourth-order valence-electron chi connectivity index (χ4n) is 2.40. The lowest BCUT2D eigenvalue weighted by Gasteiger charge is -2.22. The van der Waals surface area contributed by atoms with Crippen LogP contribution < -0.4 is 10.6 Å². The number of aliphatic carboxylic acids is 1. The Bertz CT molecular complexity index is 486. The summed E-state index contributed by atoms with van der Waals surface area (Å²) in [5, 5.41) is 14.5. The van der Waals surface area contributed by atoms with E-state index < -0.39 is 18.0 Å². The van der Waals surface area contributed by atoms with E-state index in [2.05, 4.69) is 10.6 Å². The first-order valence-electron chi connectivity index (χ1n) is 7.04. The molecule has 2 amide bonds. The summed E-state index contributed by atoms with van der Waals surface area (Å²) in [4.78, 5) is 23.3. The Kier molecular flexibility index (Phi) is 5.16. The maximum Gasteiger partial charge on any atom is 0.330 e. The summed E-state index contributed by atoms with van der Waals surface area (Å²) in [5.41, 5.74) is 0.532. The molecule has 0 bridgehead atoms. The van der Waals surface area contributed by atoms with Crippen LogP contribution in [0.5, 0.6) is 0 Å². The van der Waals surface area contributed by atoms with Crippen molar-refractivity contribution in [2.24, 2.45) is 0 Å². The topological polar surface area (TPSA) is 87.7 Å². The molecule has 2 unspecified atom stereocenters. The van der Waals surface area contributed by atoms with Crippen LogP contribution in [0.1, 0.15) is 31.4 Å². The Labute approximate surface area is 123 Å². The summed E-state index contributed by atoms with van der Waals surface area (Å²) in [5.74, 6) is -1.10. The van der Waals surface area contributed by atoms with E-state index in [0.29, 0.717) is 12.2 Å². The van der Waals surface area contributed by atoms with E-state index in [4.69, 9.17) is 4.74 Å². The average Bonchev–Trinajstić information content (AvgIpc) is 2.99. The maximum absolute atomic E-state index is 12.0. The number of urea groups is 1. The molecular formula is C15H20N2O4. The molecule has 1 saturated heterocycles. The molecule has 0 aromatic heterocycles. The molecule has 1 fully saturated rings. The van der Waals surface area contributed by atoms with Gasteiger partial charge in [0.25, 0.3) is 0 Å². The van der Waals surface area contributed by atoms with Crippen LogP contribution >= 0.6 is 0 Å². The minimum atomic E-state index is -1.10. The van der Waals surface area contributed by atoms with Crippen molar-refractivity contribution in [2.45, 2.75) is 38.0 Å². The smallest absolute Gasteiger partial charge is 0.330 e. The van der Waals surface area contributed by atoms with Crippen molar-refractivity contribution in [3.8, 4) is 0 Å². The van der Waals surface area contributed by atoms with E-state index in [1.165, 1.54) is 0 Å². The second-order valence-corrected chi connectivity index (χ2v) is 5.14. The maximum atomic E-state index is 12.0. The predicted molar refractivity (Wildman–Crippen MR) is 76.9 cm³/mol. The second kappa shape index (κ2) is 7.08. The highest BCUT2D eigenvalue weighted by molar-refractivity contribution is 5.83. The van der Waals surface area contributed by atoms with Crippen molar-refractivity contribution in [2.75, 3.05) is 6.61 Å². The van der Waals surface area contributed by atoms with Crippen molar-refractivity contribution >= 4 is 12.0 Å². The molecule has 0 saturated carbocycles. The highest BCUT2D eigenvalue weighted by Gasteiger charge is 2.26. The predicted octanol–water partition coefficient (Wildman–Crippen LogP) is 1.68. The van der Waals surface area contributed by atoms with E-state index in [1.807, 2.05) is 6.92 Å². The molecule has 1 heterocycles. The second-order valence-electron chi connectivity index (χ2n) is 5.14. The summed E-state index contributed by atoms with van der Waals surface area (Å²) >= 11 is 0. The van der Waals surface area contributed by atoms with Gasteiger partial charge in [0.2, 0.25) is 0 Å². The van der Waals surface area contributed by atoms with Crippen molar-refractivity contribution < 1.29 is 19.4 Å². The molecule has 2 rings (SSSR count). The van der Waals surface area contributed by atoms with Crippen LogP contribution in [0.4, 0.5) is 4.79 Å². The average molecular weight is 292 g/mol. The van der Waals surface area contributed by atoms with Gasteiger partial charge >= 0.3 is 12.0 Å². The number of amides is 2. The van der Waals surface area contributed by atoms with Gasteiger partial charge in [-0.05, 0) is 25.3 Å². The minimum Gasteiger partial charge on any atom is -0.479 e. The largest absolute Gasteiger partial charge is 0.479 e. The first-order chi connectivity index (χ1) is 10.1. The number of carbonyl (C=O) groups excluding carboxylic acids is 1. The van der Waals surface area contributed by atoms with Crippen LogP contribution in [-0.4, -0.2) is 35.9 Å². The Morgan fingerprint density at radius 2 is 2.00 bits per heavy atom. The molecular weight excluding hydrogens is 272 g/mol. The van der Waals surface area contributed by atoms with Crippen LogP contribution in [0.2, 0.25) is 0 Å². The van der Waals surface area contributed by atoms with E-state index in [0.717, 1.165) is 12.8 Å². The molecule has 0 aliphatic carbocycles. The van der Waals surface area contributed by atoms with Gasteiger partial charge in [0.05, 0.1) is 12.1 Å². The molecule has 3 N–H and O–H groups in total. The molecule has 6 nitrogen and oxygen atoms in total. The SMILES string of the molecule is CC(NC(=O)N[C@@H](C(=O)O)c1ccccc1)C1CCCO1. The van der Waals surface area contributed by atoms with E-state index in [1.54, 1.807) is 30.3 Å². The zero-order chi connectivity index (χ0) is 15.2. The Balaban J connectivity index is 1.94. The first kappa shape index (κ1) is 15.3. The summed E-state index contributed by atoms with van der Waals surface area (Å²) in [6.45, 7) is 2.56. The zero-order valence-corrected chi connectivity index (χ0v) is 11.9. The quantitative estimate of drug-likeness (QED) is 0.770. The van der Waals surface area contributed by atoms with Gasteiger partial charge < -0.3 is 20.5 Å². The van der Waals surface area contributed by atoms with Crippen LogP contribution in [0.15, 0.2) is 30.3 Å². The number of carboxylic acids is 1. The number of hydrogen-bond acceptors (Lipinski definition) is 3. The van der Waals surface area contributed by atoms with Gasteiger partial charge in [-0.3, -0.25) is 0 Å². The van der Waals surface area contributed by atoms with E-state index >= 15 is 0 Å². The van der Waals surface area contributed by atoms with Crippen molar-refractivity contribution in [1.29, 1.82) is 0 Å². The third-order valence-corrected chi connectivity index (χ3v) is 3.54. The highest BCUT2D eigenvalue weighted by Crippen LogP contribution is 2.16. The van der Waals surface area contributed by atoms with Gasteiger partial charge in [0, 0.05) is 6.61 Å². The van der Waals surface area contributed by atoms with Gasteiger partial charge in [-0.15, -0.1) is 0 Å². The minimum absolute atomic E-state index is 0.00393. The molecule has 1 aliphatic rings. The van der Waals surface area contributed by atoms with E-state index in [9.17, 15) is 14.7 Å². The van der Waals surface area contributed by atoms with Crippen LogP contribution in [0, 0.1) is 0 Å². The number of ether oxygens (including phenoxy) is 1. The fourth-order valence-corrected chi connectivity index (χ4v) is 2.40. The summed E-state index contributed by atoms with van der Waals surface area (Å²) in [6, 6.07) is 6.88. The Hall–Kier alpha value is -2.08. The van der Waals surface area contributed by atoms with Gasteiger partial charge in [0.15, 0.2) is 6.04 Å². The van der Waals surface area contributed by atoms with Gasteiger partial charge in [-0.25, -0.2) is 9.59 Å². The molecule has 114 valence electrons. The number of carbonyl (C=O) groups is 2. The van der Waals surface area contributed by atoms with Gasteiger partial charge in [-0.1, -0.05) is 30.3 Å². The molecule has 1 aromatic carbocycles. The van der Waals surface area contributed by atoms with Crippen molar-refractivity contribution in [1.82, 2.24) is 10.6 Å². The Morgan fingerprint density at radius 3 is 2.57 bits per heavy atom. The van der Waals surface area contributed by atoms with Crippen LogP contribution in [0.25, 0.3) is 0 Å². The molecule has 0 radical (unpaired) electrons. The lowest BCUT2D eigenvalue weighted by Crippen LogP contribution is -2.48. The molecule has 21 heavy (non-hydrogen) atoms. The number of rotatable bonds is 5. The van der Waals surface area contributed by atoms with Crippen molar-refractivity contribution in [3.63, 3.8) is 0 Å². The van der Waals surface area contributed by atoms with Gasteiger partial charge in [0.1, 0.15) is 0 Å². The first-order valence-corrected chi connectivity index (χ1v) is 7.04. The third-order valence-electron chi connectivity index (χ3n) is 3.54. The fraction of sp³-hybridized carbons (Fsp3) is 0.467. The monoisotopic (exact) mass is 292 g/mol. The lowest BCUT2D eigenvalue weighted by molar-refractivity contribution is -0.139. The Morgan fingerprint density at radius 1 is 1.29 bits per heavy atom. The van der Waals surface area contributed by atoms with Crippen LogP contribution in [-0.2, 0) is 9.53 Å². The molecule has 1 aliphatic heterocycles. The molecule has 0 spiro atoms. The third kappa shape index (κ3) is 4.19. The summed E-state index contributed by atoms with van der Waals surface area (Å²) in [7, 11) is 0. The van der Waals surface area contributed by atoms with Gasteiger partial charge in [-0.2, -0.15) is 0 Å². The lowest BCUT2D eigenvalue weighted by atomic mass is 10.1. The van der Waals surface area contributed by atoms with Crippen LogP contribution in [0.3, 0.4) is 0 Å². The number of benzene rings is 1. The summed E-state index contributed by atoms with van der Waals surface area (Å²) < 4.78 is 5.49. The number of hydrogen-bond donors (Lipinski definition) is 3. The van der Waals surface area contributed by atoms with Crippen molar-refractivity contribution in [3.05, 3.63) is 35.9 Å². The van der Waals surface area contributed by atoms with E-state index in [-0.39, 0.29) is 12.1 Å². The number of nitrogens with one attached hydrogen (secondary N) is 2. The highest BCUT2D eigenvalue weighted by atomic mass is 16.5. The molecule has 1 aromatic rings. The normalized spacial score (nSPS) is 20.5. The molecule has 6 heteroatoms. The standard InChI is InChI=1S/C15H20N2O4/c1-10(12-8-5-9-21-12)16-15(20)17-13(14(18)19)11-6-3-2-4-7-11/h2-4,6-7,10,12-13H,5,8-9H2,1H3,(H,18,19)(H2,16,17,20)/t10?,12?,13-/m1/s1.